The zero-order chi connectivity index (χ0) is 20.0. The van der Waals surface area contributed by atoms with Crippen LogP contribution >= 0.6 is 22.9 Å². The molecule has 1 heterocycles. The lowest BCUT2D eigenvalue weighted by molar-refractivity contribution is -0.137. The fraction of sp³-hybridized carbons (Fsp3) is 0.188. The summed E-state index contributed by atoms with van der Waals surface area (Å²) in [6, 6.07) is 6.84. The van der Waals surface area contributed by atoms with Crippen molar-refractivity contribution in [2.45, 2.75) is 24.5 Å². The van der Waals surface area contributed by atoms with E-state index in [0.717, 1.165) is 23.5 Å². The zero-order valence-electron chi connectivity index (χ0n) is 13.7. The van der Waals surface area contributed by atoms with Crippen molar-refractivity contribution in [3.8, 4) is 0 Å². The number of thiazole rings is 1. The number of anilines is 1. The van der Waals surface area contributed by atoms with Crippen molar-refractivity contribution in [2.24, 2.45) is 0 Å². The van der Waals surface area contributed by atoms with Crippen LogP contribution in [0.1, 0.15) is 12.5 Å². The number of fused-ring (bicyclic) bond motifs is 1. The van der Waals surface area contributed by atoms with E-state index in [9.17, 15) is 26.4 Å². The van der Waals surface area contributed by atoms with Gasteiger partial charge in [0.1, 0.15) is 0 Å². The van der Waals surface area contributed by atoms with Gasteiger partial charge in [-0.25, -0.2) is 8.42 Å². The molecule has 0 saturated heterocycles. The van der Waals surface area contributed by atoms with E-state index in [1.807, 2.05) is 0 Å². The zero-order valence-corrected chi connectivity index (χ0v) is 16.1. The molecule has 3 rings (SSSR count). The third kappa shape index (κ3) is 3.83. The van der Waals surface area contributed by atoms with E-state index in [2.05, 4.69) is 4.72 Å². The number of halogens is 4. The first-order valence-corrected chi connectivity index (χ1v) is 10.2. The fourth-order valence-corrected chi connectivity index (χ4v) is 4.90. The lowest BCUT2D eigenvalue weighted by atomic mass is 10.2. The van der Waals surface area contributed by atoms with Crippen LogP contribution in [0.5, 0.6) is 0 Å². The summed E-state index contributed by atoms with van der Waals surface area (Å²) in [7, 11) is -4.16. The Labute approximate surface area is 161 Å². The second kappa shape index (κ2) is 6.84. The molecule has 11 heteroatoms. The average molecular weight is 437 g/mol. The van der Waals surface area contributed by atoms with Gasteiger partial charge in [-0.15, -0.1) is 0 Å². The Kier molecular flexibility index (Phi) is 5.00. The van der Waals surface area contributed by atoms with Crippen molar-refractivity contribution >= 4 is 48.9 Å². The van der Waals surface area contributed by atoms with Gasteiger partial charge in [0.05, 0.1) is 25.7 Å². The molecule has 0 saturated carbocycles. The van der Waals surface area contributed by atoms with E-state index in [1.54, 1.807) is 6.92 Å². The van der Waals surface area contributed by atoms with Crippen LogP contribution in [-0.2, 0) is 22.7 Å². The molecule has 0 radical (unpaired) electrons. The van der Waals surface area contributed by atoms with E-state index >= 15 is 0 Å². The summed E-state index contributed by atoms with van der Waals surface area (Å²) in [6.07, 6.45) is -4.72. The maximum absolute atomic E-state index is 12.9. The van der Waals surface area contributed by atoms with Crippen molar-refractivity contribution in [1.29, 1.82) is 0 Å². The molecule has 1 N–H and O–H groups in total. The van der Waals surface area contributed by atoms with E-state index in [1.165, 1.54) is 22.8 Å². The fourth-order valence-electron chi connectivity index (χ4n) is 2.53. The first-order chi connectivity index (χ1) is 12.5. The first kappa shape index (κ1) is 19.7. The second-order valence-electron chi connectivity index (χ2n) is 5.54. The summed E-state index contributed by atoms with van der Waals surface area (Å²) in [6.45, 7) is 2.23. The molecule has 5 nitrogen and oxygen atoms in total. The molecular weight excluding hydrogens is 425 g/mol. The van der Waals surface area contributed by atoms with Crippen molar-refractivity contribution in [2.75, 3.05) is 4.72 Å². The van der Waals surface area contributed by atoms with Crippen molar-refractivity contribution in [3.63, 3.8) is 0 Å². The van der Waals surface area contributed by atoms with Crippen LogP contribution in [0.15, 0.2) is 46.1 Å². The van der Waals surface area contributed by atoms with Crippen LogP contribution in [0, 0.1) is 0 Å². The minimum Gasteiger partial charge on any atom is -0.299 e. The van der Waals surface area contributed by atoms with Gasteiger partial charge < -0.3 is 0 Å². The number of aromatic nitrogens is 1. The molecule has 0 amide bonds. The standard InChI is InChI=1S/C16H12ClF3N2O3S2/c1-2-22-13-6-4-10(8-14(13)26-15(22)23)27(24,25)21-9-3-5-12(17)11(7-9)16(18,19)20/h3-8,21H,2H2,1H3. The van der Waals surface area contributed by atoms with Crippen LogP contribution in [0.2, 0.25) is 5.02 Å². The number of hydrogen-bond donors (Lipinski definition) is 1. The van der Waals surface area contributed by atoms with Gasteiger partial charge in [-0.3, -0.25) is 14.1 Å². The summed E-state index contributed by atoms with van der Waals surface area (Å²) in [5, 5.41) is -0.530. The minimum atomic E-state index is -4.72. The highest BCUT2D eigenvalue weighted by molar-refractivity contribution is 7.92. The van der Waals surface area contributed by atoms with E-state index in [-0.39, 0.29) is 15.5 Å². The molecule has 0 atom stereocenters. The molecule has 0 spiro atoms. The number of rotatable bonds is 4. The summed E-state index contributed by atoms with van der Waals surface area (Å²) in [5.74, 6) is 0. The van der Waals surface area contributed by atoms with Crippen LogP contribution in [0.3, 0.4) is 0 Å². The Hall–Kier alpha value is -2.04. The van der Waals surface area contributed by atoms with Crippen molar-refractivity contribution < 1.29 is 21.6 Å². The van der Waals surface area contributed by atoms with E-state index < -0.39 is 26.8 Å². The molecular formula is C16H12ClF3N2O3S2. The molecule has 1 aromatic heterocycles. The summed E-state index contributed by atoms with van der Waals surface area (Å²) >= 11 is 6.43. The maximum atomic E-state index is 12.9. The molecule has 3 aromatic rings. The number of sulfonamides is 1. The van der Waals surface area contributed by atoms with E-state index in [0.29, 0.717) is 22.8 Å². The quantitative estimate of drug-likeness (QED) is 0.652. The van der Waals surface area contributed by atoms with Gasteiger partial charge >= 0.3 is 11.0 Å². The first-order valence-electron chi connectivity index (χ1n) is 7.56. The van der Waals surface area contributed by atoms with Gasteiger partial charge in [-0.2, -0.15) is 13.2 Å². The Morgan fingerprint density at radius 2 is 1.89 bits per heavy atom. The molecule has 0 bridgehead atoms. The van der Waals surface area contributed by atoms with Gasteiger partial charge in [0, 0.05) is 12.2 Å². The highest BCUT2D eigenvalue weighted by Gasteiger charge is 2.33. The topological polar surface area (TPSA) is 68.2 Å². The minimum absolute atomic E-state index is 0.164. The molecule has 27 heavy (non-hydrogen) atoms. The lowest BCUT2D eigenvalue weighted by Crippen LogP contribution is -2.14. The summed E-state index contributed by atoms with van der Waals surface area (Å²) < 4.78 is 68.0. The highest BCUT2D eigenvalue weighted by Crippen LogP contribution is 2.36. The monoisotopic (exact) mass is 436 g/mol. The molecule has 0 unspecified atom stereocenters. The number of nitrogens with zero attached hydrogens (tertiary/aromatic N) is 1. The Morgan fingerprint density at radius 1 is 1.19 bits per heavy atom. The lowest BCUT2D eigenvalue weighted by Gasteiger charge is -2.13. The smallest absolute Gasteiger partial charge is 0.299 e. The van der Waals surface area contributed by atoms with Crippen molar-refractivity contribution in [1.82, 2.24) is 4.57 Å². The normalized spacial score (nSPS) is 12.5. The number of aryl methyl sites for hydroxylation is 1. The van der Waals surface area contributed by atoms with Crippen LogP contribution < -0.4 is 9.60 Å². The second-order valence-corrected chi connectivity index (χ2v) is 8.62. The van der Waals surface area contributed by atoms with Crippen LogP contribution in [0.25, 0.3) is 10.2 Å². The molecule has 0 aliphatic heterocycles. The maximum Gasteiger partial charge on any atom is 0.417 e. The number of nitrogens with one attached hydrogen (secondary N) is 1. The third-order valence-electron chi connectivity index (χ3n) is 3.79. The Bertz CT molecular complexity index is 1180. The highest BCUT2D eigenvalue weighted by atomic mass is 35.5. The Balaban J connectivity index is 2.00. The SMILES string of the molecule is CCn1c(=O)sc2cc(S(=O)(=O)Nc3ccc(Cl)c(C(F)(F)F)c3)ccc21. The number of alkyl halides is 3. The third-order valence-corrected chi connectivity index (χ3v) is 6.44. The van der Waals surface area contributed by atoms with E-state index in [4.69, 9.17) is 11.6 Å². The number of benzene rings is 2. The summed E-state index contributed by atoms with van der Waals surface area (Å²) in [4.78, 5) is 11.5. The molecule has 0 fully saturated rings. The van der Waals surface area contributed by atoms with Crippen LogP contribution in [0.4, 0.5) is 18.9 Å². The van der Waals surface area contributed by atoms with Crippen molar-refractivity contribution in [3.05, 3.63) is 56.7 Å². The summed E-state index contributed by atoms with van der Waals surface area (Å²) in [5.41, 5.74) is -0.818. The molecule has 0 aliphatic carbocycles. The molecule has 0 aliphatic rings. The average Bonchev–Trinajstić information content (AvgIpc) is 2.89. The largest absolute Gasteiger partial charge is 0.417 e. The van der Waals surface area contributed by atoms with Gasteiger partial charge in [0.2, 0.25) is 0 Å². The Morgan fingerprint density at radius 3 is 2.52 bits per heavy atom. The number of hydrogen-bond acceptors (Lipinski definition) is 4. The van der Waals surface area contributed by atoms with Crippen LogP contribution in [-0.4, -0.2) is 13.0 Å². The van der Waals surface area contributed by atoms with Gasteiger partial charge in [0.15, 0.2) is 0 Å². The van der Waals surface area contributed by atoms with Gasteiger partial charge in [-0.1, -0.05) is 22.9 Å². The predicted octanol–water partition coefficient (Wildman–Crippen LogP) is 4.56. The predicted molar refractivity (Wildman–Crippen MR) is 99.0 cm³/mol. The molecule has 144 valence electrons. The van der Waals surface area contributed by atoms with Gasteiger partial charge in [0.25, 0.3) is 10.0 Å². The molecule has 2 aromatic carbocycles. The van der Waals surface area contributed by atoms with Gasteiger partial charge in [-0.05, 0) is 43.3 Å².